The molecule has 1 saturated carbocycles. The van der Waals surface area contributed by atoms with E-state index in [1.54, 1.807) is 0 Å². The van der Waals surface area contributed by atoms with E-state index < -0.39 is 0 Å². The standard InChI is InChI=1S/C15H15N3S/c16-15(19)12-7-4-8-14(17-12)18-13-9-11(13)10-5-2-1-3-6-10/h1-8,11,13H,9H2,(H2,16,19)(H,17,18). The summed E-state index contributed by atoms with van der Waals surface area (Å²) in [6.07, 6.45) is 1.14. The molecule has 0 spiro atoms. The highest BCUT2D eigenvalue weighted by molar-refractivity contribution is 7.80. The minimum Gasteiger partial charge on any atom is -0.388 e. The molecule has 0 radical (unpaired) electrons. The lowest BCUT2D eigenvalue weighted by atomic mass is 10.1. The molecule has 1 fully saturated rings. The Morgan fingerprint density at radius 1 is 1.16 bits per heavy atom. The third-order valence-electron chi connectivity index (χ3n) is 3.35. The Morgan fingerprint density at radius 3 is 2.68 bits per heavy atom. The van der Waals surface area contributed by atoms with E-state index in [-0.39, 0.29) is 0 Å². The number of nitrogens with one attached hydrogen (secondary N) is 1. The first-order chi connectivity index (χ1) is 9.24. The molecule has 19 heavy (non-hydrogen) atoms. The van der Waals surface area contributed by atoms with Crippen molar-refractivity contribution in [2.45, 2.75) is 18.4 Å². The fourth-order valence-corrected chi connectivity index (χ4v) is 2.38. The van der Waals surface area contributed by atoms with Crippen LogP contribution in [0.3, 0.4) is 0 Å². The Morgan fingerprint density at radius 2 is 1.95 bits per heavy atom. The number of pyridine rings is 1. The minimum absolute atomic E-state index is 0.332. The summed E-state index contributed by atoms with van der Waals surface area (Å²) in [5.74, 6) is 1.42. The van der Waals surface area contributed by atoms with Crippen LogP contribution >= 0.6 is 12.2 Å². The van der Waals surface area contributed by atoms with Gasteiger partial charge in [-0.2, -0.15) is 0 Å². The van der Waals surface area contributed by atoms with Crippen molar-refractivity contribution in [2.75, 3.05) is 5.32 Å². The summed E-state index contributed by atoms with van der Waals surface area (Å²) in [5, 5.41) is 3.43. The number of rotatable bonds is 4. The van der Waals surface area contributed by atoms with Crippen LogP contribution < -0.4 is 11.1 Å². The number of thiocarbonyl (C=S) groups is 1. The SMILES string of the molecule is NC(=S)c1cccc(NC2CC2c2ccccc2)n1. The van der Waals surface area contributed by atoms with Gasteiger partial charge >= 0.3 is 0 Å². The monoisotopic (exact) mass is 269 g/mol. The van der Waals surface area contributed by atoms with Crippen LogP contribution in [-0.2, 0) is 0 Å². The van der Waals surface area contributed by atoms with E-state index in [9.17, 15) is 0 Å². The molecular formula is C15H15N3S. The lowest BCUT2D eigenvalue weighted by Gasteiger charge is -2.06. The largest absolute Gasteiger partial charge is 0.388 e. The zero-order valence-electron chi connectivity index (χ0n) is 10.4. The topological polar surface area (TPSA) is 50.9 Å². The molecule has 96 valence electrons. The first kappa shape index (κ1) is 12.1. The smallest absolute Gasteiger partial charge is 0.126 e. The van der Waals surface area contributed by atoms with Gasteiger partial charge < -0.3 is 11.1 Å². The Kier molecular flexibility index (Phi) is 3.17. The number of nitrogens with two attached hydrogens (primary N) is 1. The Hall–Kier alpha value is -1.94. The van der Waals surface area contributed by atoms with Crippen molar-refractivity contribution >= 4 is 23.0 Å². The Bertz CT molecular complexity index is 597. The second-order valence-corrected chi connectivity index (χ2v) is 5.22. The maximum Gasteiger partial charge on any atom is 0.126 e. The van der Waals surface area contributed by atoms with Crippen molar-refractivity contribution in [1.82, 2.24) is 4.98 Å². The zero-order valence-corrected chi connectivity index (χ0v) is 11.2. The second-order valence-electron chi connectivity index (χ2n) is 4.78. The third kappa shape index (κ3) is 2.74. The molecule has 1 aliphatic rings. The Labute approximate surface area is 117 Å². The fourth-order valence-electron chi connectivity index (χ4n) is 2.27. The van der Waals surface area contributed by atoms with Gasteiger partial charge in [-0.25, -0.2) is 4.98 Å². The van der Waals surface area contributed by atoms with Crippen molar-refractivity contribution in [1.29, 1.82) is 0 Å². The first-order valence-corrected chi connectivity index (χ1v) is 6.73. The summed E-state index contributed by atoms with van der Waals surface area (Å²) in [4.78, 5) is 4.74. The molecule has 3 rings (SSSR count). The van der Waals surface area contributed by atoms with Gasteiger partial charge in [-0.05, 0) is 24.1 Å². The number of hydrogen-bond acceptors (Lipinski definition) is 3. The molecule has 0 amide bonds. The summed E-state index contributed by atoms with van der Waals surface area (Å²) in [5.41, 5.74) is 7.63. The van der Waals surface area contributed by atoms with Crippen LogP contribution in [0.5, 0.6) is 0 Å². The molecule has 0 aliphatic heterocycles. The summed E-state index contributed by atoms with van der Waals surface area (Å²) in [6.45, 7) is 0. The number of hydrogen-bond donors (Lipinski definition) is 2. The van der Waals surface area contributed by atoms with Crippen molar-refractivity contribution in [3.63, 3.8) is 0 Å². The number of aromatic nitrogens is 1. The van der Waals surface area contributed by atoms with Crippen molar-refractivity contribution < 1.29 is 0 Å². The van der Waals surface area contributed by atoms with Crippen LogP contribution in [-0.4, -0.2) is 16.0 Å². The van der Waals surface area contributed by atoms with Crippen LogP contribution in [0.4, 0.5) is 5.82 Å². The highest BCUT2D eigenvalue weighted by atomic mass is 32.1. The molecule has 4 heteroatoms. The maximum atomic E-state index is 5.59. The van der Waals surface area contributed by atoms with Gasteiger partial charge in [0, 0.05) is 12.0 Å². The number of benzene rings is 1. The molecule has 3 nitrogen and oxygen atoms in total. The number of nitrogens with zero attached hydrogens (tertiary/aromatic N) is 1. The molecule has 2 aromatic rings. The maximum absolute atomic E-state index is 5.59. The average Bonchev–Trinajstić information content (AvgIpc) is 3.19. The van der Waals surface area contributed by atoms with Gasteiger partial charge in [-0.3, -0.25) is 0 Å². The van der Waals surface area contributed by atoms with Crippen LogP contribution in [0.15, 0.2) is 48.5 Å². The van der Waals surface area contributed by atoms with Crippen LogP contribution in [0.1, 0.15) is 23.6 Å². The van der Waals surface area contributed by atoms with E-state index in [0.29, 0.717) is 22.6 Å². The zero-order chi connectivity index (χ0) is 13.2. The Balaban J connectivity index is 1.68. The molecule has 0 bridgehead atoms. The summed E-state index contributed by atoms with van der Waals surface area (Å²) < 4.78 is 0. The highest BCUT2D eigenvalue weighted by Crippen LogP contribution is 2.42. The highest BCUT2D eigenvalue weighted by Gasteiger charge is 2.38. The van der Waals surface area contributed by atoms with Gasteiger partial charge in [0.2, 0.25) is 0 Å². The third-order valence-corrected chi connectivity index (χ3v) is 3.56. The predicted octanol–water partition coefficient (Wildman–Crippen LogP) is 2.68. The summed E-state index contributed by atoms with van der Waals surface area (Å²) in [6, 6.07) is 16.7. The number of anilines is 1. The van der Waals surface area contributed by atoms with Gasteiger partial charge in [-0.15, -0.1) is 0 Å². The van der Waals surface area contributed by atoms with Crippen LogP contribution in [0.2, 0.25) is 0 Å². The predicted molar refractivity (Wildman–Crippen MR) is 81.3 cm³/mol. The van der Waals surface area contributed by atoms with E-state index in [0.717, 1.165) is 12.2 Å². The van der Waals surface area contributed by atoms with Gasteiger partial charge in [-0.1, -0.05) is 48.6 Å². The van der Waals surface area contributed by atoms with E-state index in [1.807, 2.05) is 24.3 Å². The summed E-state index contributed by atoms with van der Waals surface area (Å²) in [7, 11) is 0. The fraction of sp³-hybridized carbons (Fsp3) is 0.200. The van der Waals surface area contributed by atoms with Crippen LogP contribution in [0, 0.1) is 0 Å². The van der Waals surface area contributed by atoms with Gasteiger partial charge in [0.15, 0.2) is 0 Å². The molecule has 1 aromatic heterocycles. The lowest BCUT2D eigenvalue weighted by Crippen LogP contribution is -2.13. The molecular weight excluding hydrogens is 254 g/mol. The molecule has 1 heterocycles. The van der Waals surface area contributed by atoms with Crippen molar-refractivity contribution in [2.24, 2.45) is 5.73 Å². The molecule has 0 saturated heterocycles. The van der Waals surface area contributed by atoms with E-state index in [4.69, 9.17) is 18.0 Å². The van der Waals surface area contributed by atoms with Gasteiger partial charge in [0.25, 0.3) is 0 Å². The molecule has 3 N–H and O–H groups in total. The van der Waals surface area contributed by atoms with Gasteiger partial charge in [0.05, 0.1) is 5.69 Å². The average molecular weight is 269 g/mol. The first-order valence-electron chi connectivity index (χ1n) is 6.32. The molecule has 1 aromatic carbocycles. The molecule has 2 unspecified atom stereocenters. The lowest BCUT2D eigenvalue weighted by molar-refractivity contribution is 1.03. The molecule has 1 aliphatic carbocycles. The minimum atomic E-state index is 0.332. The summed E-state index contributed by atoms with van der Waals surface area (Å²) >= 11 is 4.94. The van der Waals surface area contributed by atoms with Gasteiger partial charge in [0.1, 0.15) is 10.8 Å². The normalized spacial score (nSPS) is 20.8. The van der Waals surface area contributed by atoms with Crippen molar-refractivity contribution in [3.05, 3.63) is 59.8 Å². The molecule has 2 atom stereocenters. The van der Waals surface area contributed by atoms with Crippen molar-refractivity contribution in [3.8, 4) is 0 Å². The van der Waals surface area contributed by atoms with Crippen LogP contribution in [0.25, 0.3) is 0 Å². The van der Waals surface area contributed by atoms with E-state index in [1.165, 1.54) is 5.56 Å². The second kappa shape index (κ2) is 4.97. The quantitative estimate of drug-likeness (QED) is 0.838. The van der Waals surface area contributed by atoms with E-state index in [2.05, 4.69) is 34.6 Å². The van der Waals surface area contributed by atoms with E-state index >= 15 is 0 Å².